The summed E-state index contributed by atoms with van der Waals surface area (Å²) >= 11 is 0. The molecule has 6 nitrogen and oxygen atoms in total. The van der Waals surface area contributed by atoms with Crippen LogP contribution < -0.4 is 4.74 Å². The zero-order chi connectivity index (χ0) is 20.1. The van der Waals surface area contributed by atoms with Crippen molar-refractivity contribution in [2.24, 2.45) is 0 Å². The van der Waals surface area contributed by atoms with E-state index in [0.29, 0.717) is 22.7 Å². The number of carbonyl (C=O) groups excluding carboxylic acids is 1. The second kappa shape index (κ2) is 6.43. The Morgan fingerprint density at radius 1 is 0.966 bits per heavy atom. The molecule has 5 rings (SSSR count). The molecule has 1 aliphatic heterocycles. The number of aromatic nitrogens is 3. The van der Waals surface area contributed by atoms with Crippen molar-refractivity contribution in [3.05, 3.63) is 48.3 Å². The predicted octanol–water partition coefficient (Wildman–Crippen LogP) is 4.71. The zero-order valence-electron chi connectivity index (χ0n) is 15.4. The summed E-state index contributed by atoms with van der Waals surface area (Å²) < 4.78 is 38.5. The lowest BCUT2D eigenvalue weighted by molar-refractivity contribution is -0.0946. The summed E-state index contributed by atoms with van der Waals surface area (Å²) in [6.45, 7) is 0. The number of alkyl halides is 2. The Bertz CT molecular complexity index is 1070. The normalized spacial score (nSPS) is 19.6. The van der Waals surface area contributed by atoms with Gasteiger partial charge in [0, 0.05) is 36.4 Å². The van der Waals surface area contributed by atoms with Crippen LogP contribution in [0.3, 0.4) is 0 Å². The van der Waals surface area contributed by atoms with E-state index >= 15 is 0 Å². The van der Waals surface area contributed by atoms with Gasteiger partial charge in [-0.15, -0.1) is 0 Å². The Morgan fingerprint density at radius 2 is 1.72 bits per heavy atom. The first kappa shape index (κ1) is 17.9. The highest BCUT2D eigenvalue weighted by Crippen LogP contribution is 2.46. The average Bonchev–Trinajstić information content (AvgIpc) is 3.22. The van der Waals surface area contributed by atoms with Crippen LogP contribution in [0, 0.1) is 0 Å². The zero-order valence-corrected chi connectivity index (χ0v) is 15.4. The number of carbonyl (C=O) groups is 1. The molecular weight excluding hydrogens is 380 g/mol. The smallest absolute Gasteiger partial charge is 0.258 e. The molecule has 0 radical (unpaired) electrons. The van der Waals surface area contributed by atoms with Crippen LogP contribution in [-0.4, -0.2) is 32.4 Å². The molecule has 2 aromatic heterocycles. The number of Topliss-reactive ketones (excluding diaryl/α,β-unsaturated/α-hetero) is 1. The quantitative estimate of drug-likeness (QED) is 0.623. The molecule has 8 heteroatoms. The minimum absolute atomic E-state index is 0.103. The van der Waals surface area contributed by atoms with Gasteiger partial charge in [0.25, 0.3) is 5.89 Å². The number of ketones is 1. The molecule has 1 aromatic carbocycles. The highest BCUT2D eigenvalue weighted by atomic mass is 19.3. The maximum atomic E-state index is 13.5. The van der Waals surface area contributed by atoms with Crippen LogP contribution in [0.2, 0.25) is 0 Å². The van der Waals surface area contributed by atoms with Crippen molar-refractivity contribution in [1.82, 2.24) is 15.1 Å². The summed E-state index contributed by atoms with van der Waals surface area (Å²) in [4.78, 5) is 21.1. The molecule has 3 heterocycles. The van der Waals surface area contributed by atoms with Crippen LogP contribution in [0.4, 0.5) is 8.78 Å². The molecule has 0 saturated heterocycles. The van der Waals surface area contributed by atoms with Crippen molar-refractivity contribution in [2.45, 2.75) is 43.6 Å². The van der Waals surface area contributed by atoms with Crippen LogP contribution in [0.25, 0.3) is 22.8 Å². The van der Waals surface area contributed by atoms with E-state index in [4.69, 9.17) is 9.26 Å². The number of hydrogen-bond acceptors (Lipinski definition) is 6. The second-order valence-corrected chi connectivity index (χ2v) is 7.61. The number of ether oxygens (including phenoxy) is 1. The highest BCUT2D eigenvalue weighted by Gasteiger charge is 2.48. The summed E-state index contributed by atoms with van der Waals surface area (Å²) in [6.07, 6.45) is 3.21. The molecule has 0 unspecified atom stereocenters. The van der Waals surface area contributed by atoms with Crippen LogP contribution in [0.5, 0.6) is 5.75 Å². The molecule has 0 atom stereocenters. The molecule has 1 spiro atoms. The van der Waals surface area contributed by atoms with Crippen molar-refractivity contribution in [3.8, 4) is 28.6 Å². The second-order valence-electron chi connectivity index (χ2n) is 7.61. The van der Waals surface area contributed by atoms with Gasteiger partial charge in [0.05, 0.1) is 12.0 Å². The first-order valence-electron chi connectivity index (χ1n) is 9.42. The standard InChI is InChI=1S/C21H17F2N3O3/c22-21(23)7-5-20(6-8-21)12-16(27)15-11-14(1-2-17(15)28-20)19-25-18(26-29-19)13-3-9-24-10-4-13/h1-4,9-11H,5-8,12H2. The molecule has 0 amide bonds. The van der Waals surface area contributed by atoms with Gasteiger partial charge >= 0.3 is 0 Å². The van der Waals surface area contributed by atoms with E-state index in [1.165, 1.54) is 0 Å². The lowest BCUT2D eigenvalue weighted by atomic mass is 9.77. The van der Waals surface area contributed by atoms with E-state index in [2.05, 4.69) is 15.1 Å². The molecule has 2 aliphatic rings. The molecule has 148 valence electrons. The minimum atomic E-state index is -2.67. The molecule has 0 N–H and O–H groups in total. The third-order valence-electron chi connectivity index (χ3n) is 5.59. The summed E-state index contributed by atoms with van der Waals surface area (Å²) in [5.41, 5.74) is 0.948. The van der Waals surface area contributed by atoms with Gasteiger partial charge < -0.3 is 9.26 Å². The van der Waals surface area contributed by atoms with Gasteiger partial charge in [-0.2, -0.15) is 4.98 Å². The predicted molar refractivity (Wildman–Crippen MR) is 98.7 cm³/mol. The third kappa shape index (κ3) is 3.28. The van der Waals surface area contributed by atoms with E-state index in [1.807, 2.05) is 0 Å². The Balaban J connectivity index is 1.42. The molecular formula is C21H17F2N3O3. The molecule has 1 fully saturated rings. The van der Waals surface area contributed by atoms with Crippen molar-refractivity contribution >= 4 is 5.78 Å². The maximum absolute atomic E-state index is 13.5. The first-order chi connectivity index (χ1) is 13.9. The minimum Gasteiger partial charge on any atom is -0.486 e. The maximum Gasteiger partial charge on any atom is 0.258 e. The fourth-order valence-electron chi connectivity index (χ4n) is 3.94. The number of fused-ring (bicyclic) bond motifs is 1. The van der Waals surface area contributed by atoms with Crippen molar-refractivity contribution < 1.29 is 22.8 Å². The summed E-state index contributed by atoms with van der Waals surface area (Å²) in [5.74, 6) is -1.67. The monoisotopic (exact) mass is 397 g/mol. The molecule has 0 bridgehead atoms. The number of pyridine rings is 1. The Labute approximate surface area is 164 Å². The molecule has 1 saturated carbocycles. The number of benzene rings is 1. The Hall–Kier alpha value is -3.16. The van der Waals surface area contributed by atoms with Gasteiger partial charge in [-0.25, -0.2) is 8.78 Å². The van der Waals surface area contributed by atoms with Crippen molar-refractivity contribution in [3.63, 3.8) is 0 Å². The summed E-state index contributed by atoms with van der Waals surface area (Å²) in [7, 11) is 0. The van der Waals surface area contributed by atoms with Gasteiger partial charge in [0.15, 0.2) is 5.78 Å². The van der Waals surface area contributed by atoms with E-state index < -0.39 is 11.5 Å². The van der Waals surface area contributed by atoms with Gasteiger partial charge in [-0.1, -0.05) is 5.16 Å². The van der Waals surface area contributed by atoms with Crippen molar-refractivity contribution in [1.29, 1.82) is 0 Å². The largest absolute Gasteiger partial charge is 0.486 e. The molecule has 3 aromatic rings. The topological polar surface area (TPSA) is 78.1 Å². The summed E-state index contributed by atoms with van der Waals surface area (Å²) in [5, 5.41) is 3.97. The highest BCUT2D eigenvalue weighted by molar-refractivity contribution is 6.01. The van der Waals surface area contributed by atoms with Crippen molar-refractivity contribution in [2.75, 3.05) is 0 Å². The van der Waals surface area contributed by atoms with Gasteiger partial charge in [0.2, 0.25) is 11.7 Å². The SMILES string of the molecule is O=C1CC2(CCC(F)(F)CC2)Oc2ccc(-c3nc(-c4ccncc4)no3)cc21. The van der Waals surface area contributed by atoms with E-state index in [1.54, 1.807) is 42.7 Å². The van der Waals surface area contributed by atoms with Crippen LogP contribution in [0.15, 0.2) is 47.2 Å². The lowest BCUT2D eigenvalue weighted by Gasteiger charge is -2.42. The molecule has 29 heavy (non-hydrogen) atoms. The fourth-order valence-corrected chi connectivity index (χ4v) is 3.94. The average molecular weight is 397 g/mol. The number of hydrogen-bond donors (Lipinski definition) is 0. The van der Waals surface area contributed by atoms with Crippen LogP contribution in [0.1, 0.15) is 42.5 Å². The van der Waals surface area contributed by atoms with Gasteiger partial charge in [-0.3, -0.25) is 9.78 Å². The Kier molecular flexibility index (Phi) is 3.97. The first-order valence-corrected chi connectivity index (χ1v) is 9.42. The van der Waals surface area contributed by atoms with Gasteiger partial charge in [0.1, 0.15) is 11.4 Å². The van der Waals surface area contributed by atoms with E-state index in [0.717, 1.165) is 5.56 Å². The van der Waals surface area contributed by atoms with Crippen LogP contribution in [-0.2, 0) is 0 Å². The lowest BCUT2D eigenvalue weighted by Crippen LogP contribution is -2.47. The number of halogens is 2. The van der Waals surface area contributed by atoms with E-state index in [9.17, 15) is 13.6 Å². The summed E-state index contributed by atoms with van der Waals surface area (Å²) in [6, 6.07) is 8.60. The fraction of sp³-hybridized carbons (Fsp3) is 0.333. The third-order valence-corrected chi connectivity index (χ3v) is 5.59. The molecule has 1 aliphatic carbocycles. The number of rotatable bonds is 2. The number of nitrogens with zero attached hydrogens (tertiary/aromatic N) is 3. The van der Waals surface area contributed by atoms with E-state index in [-0.39, 0.29) is 43.8 Å². The van der Waals surface area contributed by atoms with Crippen LogP contribution >= 0.6 is 0 Å². The Morgan fingerprint density at radius 3 is 2.48 bits per heavy atom. The van der Waals surface area contributed by atoms with Gasteiger partial charge in [-0.05, 0) is 43.2 Å².